The molecule has 0 radical (unpaired) electrons. The summed E-state index contributed by atoms with van der Waals surface area (Å²) >= 11 is 6.37. The molecule has 1 aliphatic heterocycles. The second-order valence-corrected chi connectivity index (χ2v) is 9.33. The van der Waals surface area contributed by atoms with Crippen molar-refractivity contribution in [2.75, 3.05) is 0 Å². The van der Waals surface area contributed by atoms with Crippen molar-refractivity contribution in [2.24, 2.45) is 0 Å². The second-order valence-electron chi connectivity index (χ2n) is 5.63. The van der Waals surface area contributed by atoms with Gasteiger partial charge in [-0.2, -0.15) is 8.78 Å². The number of hydrogen-bond acceptors (Lipinski definition) is 3. The summed E-state index contributed by atoms with van der Waals surface area (Å²) in [6.07, 6.45) is 0. The van der Waals surface area contributed by atoms with E-state index in [-0.39, 0.29) is 27.3 Å². The summed E-state index contributed by atoms with van der Waals surface area (Å²) in [6, 6.07) is 6.58. The number of halogens is 5. The fraction of sp³-hybridized carbons (Fsp3) is 0.250. The van der Waals surface area contributed by atoms with Crippen molar-refractivity contribution in [3.05, 3.63) is 56.2 Å². The van der Waals surface area contributed by atoms with Gasteiger partial charge in [-0.1, -0.05) is 44.8 Å². The van der Waals surface area contributed by atoms with Crippen LogP contribution < -0.4 is 4.74 Å². The lowest BCUT2D eigenvalue weighted by molar-refractivity contribution is 0.0724. The average Bonchev–Trinajstić information content (AvgIpc) is 2.64. The number of fused-ring (bicyclic) bond motifs is 1. The Labute approximate surface area is 159 Å². The Hall–Kier alpha value is -1.06. The van der Waals surface area contributed by atoms with Gasteiger partial charge in [-0.25, -0.2) is 12.8 Å². The molecule has 0 saturated heterocycles. The smallest absolute Gasteiger partial charge is 0.356 e. The van der Waals surface area contributed by atoms with Crippen molar-refractivity contribution in [3.8, 4) is 5.75 Å². The van der Waals surface area contributed by atoms with Crippen LogP contribution in [-0.4, -0.2) is 13.7 Å². The van der Waals surface area contributed by atoms with E-state index in [0.29, 0.717) is 10.0 Å². The molecular weight excluding hydrogens is 489 g/mol. The van der Waals surface area contributed by atoms with Crippen LogP contribution in [0, 0.1) is 5.82 Å². The highest BCUT2D eigenvalue weighted by molar-refractivity contribution is 9.10. The van der Waals surface area contributed by atoms with Gasteiger partial charge in [0.1, 0.15) is 18.2 Å². The lowest BCUT2D eigenvalue weighted by Crippen LogP contribution is -2.27. The zero-order chi connectivity index (χ0) is 18.6. The van der Waals surface area contributed by atoms with E-state index in [2.05, 4.69) is 31.9 Å². The first kappa shape index (κ1) is 18.7. The Balaban J connectivity index is 1.95. The van der Waals surface area contributed by atoms with Gasteiger partial charge in [-0.3, -0.25) is 0 Å². The summed E-state index contributed by atoms with van der Waals surface area (Å²) in [6.45, 7) is 1.13. The van der Waals surface area contributed by atoms with E-state index >= 15 is 0 Å². The molecule has 0 spiro atoms. The molecule has 25 heavy (non-hydrogen) atoms. The molecule has 2 aromatic rings. The summed E-state index contributed by atoms with van der Waals surface area (Å²) in [4.78, 5) is -0.380. The van der Waals surface area contributed by atoms with Crippen LogP contribution >= 0.6 is 31.9 Å². The molecule has 0 N–H and O–H groups in total. The van der Waals surface area contributed by atoms with E-state index in [4.69, 9.17) is 4.74 Å². The van der Waals surface area contributed by atoms with Gasteiger partial charge in [-0.15, -0.1) is 0 Å². The van der Waals surface area contributed by atoms with Crippen LogP contribution in [-0.2, 0) is 16.4 Å². The largest absolute Gasteiger partial charge is 0.489 e. The number of benzene rings is 2. The maximum atomic E-state index is 14.1. The number of rotatable bonds is 3. The average molecular weight is 500 g/mol. The van der Waals surface area contributed by atoms with Crippen molar-refractivity contribution < 1.29 is 26.3 Å². The van der Waals surface area contributed by atoms with Crippen LogP contribution in [0.15, 0.2) is 44.2 Å². The molecule has 0 unspecified atom stereocenters. The first-order valence-electron chi connectivity index (χ1n) is 7.08. The molecule has 3 rings (SSSR count). The van der Waals surface area contributed by atoms with E-state index in [1.54, 1.807) is 6.07 Å². The van der Waals surface area contributed by atoms with Crippen molar-refractivity contribution >= 4 is 41.7 Å². The van der Waals surface area contributed by atoms with Gasteiger partial charge in [0.2, 0.25) is 9.84 Å². The Bertz CT molecular complexity index is 941. The van der Waals surface area contributed by atoms with Crippen LogP contribution in [0.4, 0.5) is 13.2 Å². The number of hydrogen-bond donors (Lipinski definition) is 0. The lowest BCUT2D eigenvalue weighted by atomic mass is 10.00. The van der Waals surface area contributed by atoms with E-state index in [0.717, 1.165) is 6.07 Å². The fourth-order valence-electron chi connectivity index (χ4n) is 2.69. The number of sulfone groups is 1. The molecule has 1 aliphatic rings. The van der Waals surface area contributed by atoms with Gasteiger partial charge < -0.3 is 4.74 Å². The molecule has 9 heteroatoms. The quantitative estimate of drug-likeness (QED) is 0.566. The van der Waals surface area contributed by atoms with Crippen LogP contribution in [0.3, 0.4) is 0 Å². The molecule has 0 bridgehead atoms. The van der Waals surface area contributed by atoms with E-state index in [1.807, 2.05) is 0 Å². The van der Waals surface area contributed by atoms with Gasteiger partial charge in [-0.05, 0) is 23.8 Å². The van der Waals surface area contributed by atoms with Crippen LogP contribution in [0.5, 0.6) is 5.75 Å². The van der Waals surface area contributed by atoms with Gasteiger partial charge in [0, 0.05) is 20.6 Å². The molecule has 2 aromatic carbocycles. The van der Waals surface area contributed by atoms with Crippen molar-refractivity contribution in [3.63, 3.8) is 0 Å². The highest BCUT2D eigenvalue weighted by Gasteiger charge is 2.59. The predicted octanol–water partition coefficient (Wildman–Crippen LogP) is 5.41. The van der Waals surface area contributed by atoms with Crippen molar-refractivity contribution in [1.29, 1.82) is 0 Å². The van der Waals surface area contributed by atoms with Gasteiger partial charge >= 0.3 is 5.25 Å². The minimum absolute atomic E-state index is 0.0338. The fourth-order valence-corrected chi connectivity index (χ4v) is 5.76. The summed E-state index contributed by atoms with van der Waals surface area (Å²) in [5, 5.41) is -3.86. The normalized spacial score (nSPS) is 20.3. The second kappa shape index (κ2) is 6.28. The Kier molecular flexibility index (Phi) is 4.70. The highest BCUT2D eigenvalue weighted by atomic mass is 79.9. The standard InChI is InChI=1S/C16H11Br2F3O3S/c1-8-14-13(25(22,23)16(8,20)21)3-2-9(15(14)18)7-24-12-5-10(17)4-11(19)6-12/h2-6,8H,7H2,1H3/t8-/m1/s1. The molecule has 1 heterocycles. The lowest BCUT2D eigenvalue weighted by Gasteiger charge is -2.15. The van der Waals surface area contributed by atoms with Crippen LogP contribution in [0.2, 0.25) is 0 Å². The SMILES string of the molecule is C[C@@H]1c2c(ccc(COc3cc(F)cc(Br)c3)c2Br)S(=O)(=O)C1(F)F. The molecule has 134 valence electrons. The molecule has 0 aliphatic carbocycles. The molecule has 3 nitrogen and oxygen atoms in total. The zero-order valence-electron chi connectivity index (χ0n) is 12.7. The van der Waals surface area contributed by atoms with Gasteiger partial charge in [0.15, 0.2) is 0 Å². The summed E-state index contributed by atoms with van der Waals surface area (Å²) in [7, 11) is -4.71. The Morgan fingerprint density at radius 1 is 1.20 bits per heavy atom. The molecule has 0 fully saturated rings. The monoisotopic (exact) mass is 498 g/mol. The van der Waals surface area contributed by atoms with Gasteiger partial charge in [0.25, 0.3) is 0 Å². The molecular formula is C16H11Br2F3O3S. The Morgan fingerprint density at radius 3 is 2.52 bits per heavy atom. The molecule has 0 saturated carbocycles. The van der Waals surface area contributed by atoms with Crippen LogP contribution in [0.1, 0.15) is 24.0 Å². The first-order valence-corrected chi connectivity index (χ1v) is 10.1. The van der Waals surface area contributed by atoms with Crippen LogP contribution in [0.25, 0.3) is 0 Å². The third kappa shape index (κ3) is 3.00. The van der Waals surface area contributed by atoms with E-state index < -0.39 is 26.8 Å². The van der Waals surface area contributed by atoms with E-state index in [1.165, 1.54) is 25.1 Å². The van der Waals surface area contributed by atoms with Crippen molar-refractivity contribution in [2.45, 2.75) is 29.6 Å². The summed E-state index contributed by atoms with van der Waals surface area (Å²) < 4.78 is 71.7. The van der Waals surface area contributed by atoms with Gasteiger partial charge in [0.05, 0.1) is 10.8 Å². The predicted molar refractivity (Wildman–Crippen MR) is 93.1 cm³/mol. The maximum absolute atomic E-state index is 14.1. The zero-order valence-corrected chi connectivity index (χ0v) is 16.7. The summed E-state index contributed by atoms with van der Waals surface area (Å²) in [5.41, 5.74) is 0.519. The topological polar surface area (TPSA) is 43.4 Å². The first-order chi connectivity index (χ1) is 11.6. The summed E-state index contributed by atoms with van der Waals surface area (Å²) in [5.74, 6) is -1.72. The molecule has 1 atom stereocenters. The third-order valence-electron chi connectivity index (χ3n) is 4.04. The number of alkyl halides is 2. The minimum atomic E-state index is -4.71. The third-order valence-corrected chi connectivity index (χ3v) is 7.43. The van der Waals surface area contributed by atoms with Crippen molar-refractivity contribution in [1.82, 2.24) is 0 Å². The molecule has 0 amide bonds. The number of ether oxygens (including phenoxy) is 1. The minimum Gasteiger partial charge on any atom is -0.489 e. The highest BCUT2D eigenvalue weighted by Crippen LogP contribution is 2.53. The van der Waals surface area contributed by atoms with E-state index in [9.17, 15) is 21.6 Å². The molecule has 0 aromatic heterocycles. The Morgan fingerprint density at radius 2 is 1.88 bits per heavy atom. The maximum Gasteiger partial charge on any atom is 0.356 e.